The molecule has 4 aromatic rings. The number of alkyl halides is 3. The largest absolute Gasteiger partial charge is 0.505 e. The molecule has 0 bridgehead atoms. The SMILES string of the molecule is COc1ccc(C(N)=O)cc1N=Nc1c(O)c(C(=O)Nc2ccccc2C(F)(F)F)cc2ccc#cc12. The minimum Gasteiger partial charge on any atom is -0.505 e. The number of azo groups is 1. The van der Waals surface area contributed by atoms with Gasteiger partial charge in [-0.15, -0.1) is 10.2 Å². The average molecular weight is 506 g/mol. The third-order valence-electron chi connectivity index (χ3n) is 5.29. The summed E-state index contributed by atoms with van der Waals surface area (Å²) in [6.07, 6.45) is -4.71. The Labute approximate surface area is 208 Å². The van der Waals surface area contributed by atoms with Crippen molar-refractivity contribution in [3.05, 3.63) is 89.5 Å². The van der Waals surface area contributed by atoms with Gasteiger partial charge < -0.3 is 20.9 Å². The molecule has 0 unspecified atom stereocenters. The van der Waals surface area contributed by atoms with Crippen molar-refractivity contribution in [1.29, 1.82) is 0 Å². The fourth-order valence-electron chi connectivity index (χ4n) is 3.51. The quantitative estimate of drug-likeness (QED) is 0.280. The van der Waals surface area contributed by atoms with Gasteiger partial charge in [-0.1, -0.05) is 24.3 Å². The number of rotatable bonds is 6. The average Bonchev–Trinajstić information content (AvgIpc) is 2.87. The lowest BCUT2D eigenvalue weighted by Crippen LogP contribution is -2.16. The van der Waals surface area contributed by atoms with Crippen LogP contribution in [0.1, 0.15) is 26.3 Å². The van der Waals surface area contributed by atoms with E-state index in [1.807, 2.05) is 0 Å². The van der Waals surface area contributed by atoms with E-state index < -0.39 is 35.0 Å². The number of amides is 2. The predicted octanol–water partition coefficient (Wildman–Crippen LogP) is 5.94. The molecule has 0 radical (unpaired) electrons. The number of ether oxygens (including phenoxy) is 1. The number of aromatic hydroxyl groups is 1. The zero-order valence-electron chi connectivity index (χ0n) is 19.1. The fraction of sp³-hybridized carbons (Fsp3) is 0.0769. The second-order valence-electron chi connectivity index (χ2n) is 7.64. The minimum absolute atomic E-state index is 0.0974. The van der Waals surface area contributed by atoms with Gasteiger partial charge in [-0.2, -0.15) is 13.2 Å². The van der Waals surface area contributed by atoms with E-state index in [0.717, 1.165) is 12.1 Å². The van der Waals surface area contributed by atoms with Gasteiger partial charge in [0.2, 0.25) is 5.91 Å². The van der Waals surface area contributed by atoms with Crippen molar-refractivity contribution >= 4 is 39.6 Å². The van der Waals surface area contributed by atoms with E-state index in [1.165, 1.54) is 49.6 Å². The van der Waals surface area contributed by atoms with Crippen molar-refractivity contribution in [2.24, 2.45) is 16.0 Å². The third kappa shape index (κ3) is 5.13. The van der Waals surface area contributed by atoms with Crippen molar-refractivity contribution in [3.8, 4) is 11.5 Å². The number of carbonyl (C=O) groups is 2. The lowest BCUT2D eigenvalue weighted by molar-refractivity contribution is -0.136. The maximum atomic E-state index is 13.4. The van der Waals surface area contributed by atoms with E-state index in [2.05, 4.69) is 27.7 Å². The molecular formula is C26H17F3N4O4. The van der Waals surface area contributed by atoms with E-state index in [-0.39, 0.29) is 33.6 Å². The van der Waals surface area contributed by atoms with E-state index in [4.69, 9.17) is 10.5 Å². The number of methoxy groups -OCH3 is 1. The first-order valence-electron chi connectivity index (χ1n) is 10.6. The molecule has 4 rings (SSSR count). The third-order valence-corrected chi connectivity index (χ3v) is 5.29. The molecule has 0 aliphatic carbocycles. The number of carbonyl (C=O) groups excluding carboxylic acids is 2. The standard InChI is InChI=1S/C26H17F3N4O4/c1-37-21-11-10-15(24(30)35)13-20(21)32-33-22-16-7-3-2-6-14(16)12-17(23(22)34)25(36)31-19-9-5-4-8-18(19)26(27,28)29/h2,4-6,8-13,34H,1H3,(H2,30,35)(H,31,36). The summed E-state index contributed by atoms with van der Waals surface area (Å²) in [4.78, 5) is 24.6. The summed E-state index contributed by atoms with van der Waals surface area (Å²) in [5, 5.41) is 21.9. The number of hydrogen-bond acceptors (Lipinski definition) is 6. The van der Waals surface area contributed by atoms with Crippen molar-refractivity contribution in [2.75, 3.05) is 12.4 Å². The summed E-state index contributed by atoms with van der Waals surface area (Å²) >= 11 is 0. The highest BCUT2D eigenvalue weighted by atomic mass is 19.4. The van der Waals surface area contributed by atoms with Crippen LogP contribution in [0.2, 0.25) is 0 Å². The molecule has 4 aromatic carbocycles. The zero-order chi connectivity index (χ0) is 26.7. The van der Waals surface area contributed by atoms with Crippen molar-refractivity contribution in [1.82, 2.24) is 0 Å². The number of phenols is 1. The molecule has 0 spiro atoms. The van der Waals surface area contributed by atoms with Crippen LogP contribution in [-0.2, 0) is 6.18 Å². The number of primary amides is 1. The van der Waals surface area contributed by atoms with Crippen LogP contribution >= 0.6 is 0 Å². The number of nitrogens with one attached hydrogen (secondary N) is 1. The number of para-hydroxylation sites is 1. The van der Waals surface area contributed by atoms with Gasteiger partial charge in [0.1, 0.15) is 17.1 Å². The van der Waals surface area contributed by atoms with Crippen LogP contribution in [-0.4, -0.2) is 24.0 Å². The maximum Gasteiger partial charge on any atom is 0.418 e. The molecule has 4 N–H and O–H groups in total. The van der Waals surface area contributed by atoms with Gasteiger partial charge in [0.25, 0.3) is 5.91 Å². The van der Waals surface area contributed by atoms with Crippen LogP contribution in [0.25, 0.3) is 10.8 Å². The van der Waals surface area contributed by atoms with Crippen molar-refractivity contribution in [3.63, 3.8) is 0 Å². The first kappa shape index (κ1) is 25.0. The van der Waals surface area contributed by atoms with Gasteiger partial charge in [-0.05, 0) is 53.9 Å². The predicted molar refractivity (Wildman–Crippen MR) is 128 cm³/mol. The number of halogens is 3. The van der Waals surface area contributed by atoms with Gasteiger partial charge in [0.05, 0.1) is 29.3 Å². The molecule has 8 nitrogen and oxygen atoms in total. The summed E-state index contributed by atoms with van der Waals surface area (Å²) in [6.45, 7) is 0. The van der Waals surface area contributed by atoms with E-state index >= 15 is 0 Å². The van der Waals surface area contributed by atoms with E-state index in [9.17, 15) is 27.9 Å². The summed E-state index contributed by atoms with van der Waals surface area (Å²) in [6, 6.07) is 18.5. The molecule has 0 fully saturated rings. The van der Waals surface area contributed by atoms with Crippen molar-refractivity contribution in [2.45, 2.75) is 6.18 Å². The number of benzene rings is 3. The monoisotopic (exact) mass is 506 g/mol. The first-order chi connectivity index (χ1) is 17.6. The molecule has 0 aliphatic heterocycles. The van der Waals surface area contributed by atoms with Crippen LogP contribution in [0.3, 0.4) is 0 Å². The fourth-order valence-corrected chi connectivity index (χ4v) is 3.51. The summed E-state index contributed by atoms with van der Waals surface area (Å²) in [5.74, 6) is -2.13. The molecule has 11 heteroatoms. The number of anilines is 1. The molecule has 186 valence electrons. The molecule has 0 aromatic heterocycles. The smallest absolute Gasteiger partial charge is 0.418 e. The highest BCUT2D eigenvalue weighted by Gasteiger charge is 2.34. The molecule has 0 heterocycles. The molecule has 0 aliphatic rings. The van der Waals surface area contributed by atoms with Gasteiger partial charge in [-0.3, -0.25) is 9.59 Å². The van der Waals surface area contributed by atoms with Gasteiger partial charge in [0, 0.05) is 5.56 Å². The van der Waals surface area contributed by atoms with Crippen LogP contribution in [0.15, 0.2) is 70.9 Å². The van der Waals surface area contributed by atoms with Gasteiger partial charge in [-0.25, -0.2) is 0 Å². The van der Waals surface area contributed by atoms with Crippen LogP contribution < -0.4 is 15.8 Å². The summed E-state index contributed by atoms with van der Waals surface area (Å²) in [7, 11) is 1.37. The Bertz CT molecular complexity index is 1550. The number of fused-ring (bicyclic) bond motifs is 1. The normalized spacial score (nSPS) is 11.4. The molecule has 37 heavy (non-hydrogen) atoms. The van der Waals surface area contributed by atoms with Crippen LogP contribution in [0.4, 0.5) is 30.2 Å². The Morgan fingerprint density at radius 3 is 2.54 bits per heavy atom. The number of phenolic OH excluding ortho intramolecular Hbond substituents is 1. The molecule has 0 saturated heterocycles. The lowest BCUT2D eigenvalue weighted by atomic mass is 10.0. The summed E-state index contributed by atoms with van der Waals surface area (Å²) in [5.41, 5.74) is 3.46. The number of hydrogen-bond donors (Lipinski definition) is 3. The molecular weight excluding hydrogens is 489 g/mol. The maximum absolute atomic E-state index is 13.4. The Balaban J connectivity index is 1.81. The Morgan fingerprint density at radius 1 is 1.08 bits per heavy atom. The Morgan fingerprint density at radius 2 is 1.84 bits per heavy atom. The molecule has 2 amide bonds. The number of nitrogens with two attached hydrogens (primary N) is 1. The number of nitrogens with zero attached hydrogens (tertiary/aromatic N) is 2. The minimum atomic E-state index is -4.71. The Kier molecular flexibility index (Phi) is 6.67. The van der Waals surface area contributed by atoms with Gasteiger partial charge >= 0.3 is 6.18 Å². The molecule has 0 atom stereocenters. The summed E-state index contributed by atoms with van der Waals surface area (Å²) < 4.78 is 45.4. The second-order valence-corrected chi connectivity index (χ2v) is 7.64. The Hall–Kier alpha value is -5.11. The molecule has 0 saturated carbocycles. The second kappa shape index (κ2) is 9.87. The highest BCUT2D eigenvalue weighted by Crippen LogP contribution is 2.41. The highest BCUT2D eigenvalue weighted by molar-refractivity contribution is 6.11. The first-order valence-corrected chi connectivity index (χ1v) is 10.6. The van der Waals surface area contributed by atoms with E-state index in [0.29, 0.717) is 5.39 Å². The lowest BCUT2D eigenvalue weighted by Gasteiger charge is -2.14. The topological polar surface area (TPSA) is 126 Å². The van der Waals surface area contributed by atoms with Crippen LogP contribution in [0, 0.1) is 12.1 Å². The zero-order valence-corrected chi connectivity index (χ0v) is 19.1. The van der Waals surface area contributed by atoms with Crippen LogP contribution in [0.5, 0.6) is 11.5 Å². The van der Waals surface area contributed by atoms with E-state index in [1.54, 1.807) is 6.07 Å². The van der Waals surface area contributed by atoms with Gasteiger partial charge in [0.15, 0.2) is 5.75 Å². The van der Waals surface area contributed by atoms with Crippen molar-refractivity contribution < 1.29 is 32.6 Å².